The van der Waals surface area contributed by atoms with Crippen LogP contribution in [0.3, 0.4) is 0 Å². The summed E-state index contributed by atoms with van der Waals surface area (Å²) in [5, 5.41) is 9.63. The molecule has 3 heterocycles. The third kappa shape index (κ3) is 2.54. The number of carbonyl (C=O) groups excluding carboxylic acids is 1. The van der Waals surface area contributed by atoms with Crippen LogP contribution in [0.25, 0.3) is 5.65 Å². The highest BCUT2D eigenvalue weighted by molar-refractivity contribution is 5.78. The molecule has 0 fully saturated rings. The highest BCUT2D eigenvalue weighted by Gasteiger charge is 2.08. The molecule has 102 valence electrons. The molecule has 0 aliphatic carbocycles. The van der Waals surface area contributed by atoms with Gasteiger partial charge in [-0.05, 0) is 19.1 Å². The number of pyridine rings is 1. The van der Waals surface area contributed by atoms with Crippen molar-refractivity contribution in [2.45, 2.75) is 19.9 Å². The van der Waals surface area contributed by atoms with Crippen LogP contribution in [-0.2, 0) is 17.8 Å². The Hall–Kier alpha value is -2.63. The summed E-state index contributed by atoms with van der Waals surface area (Å²) in [6.45, 7) is 2.41. The molecule has 3 aromatic heterocycles. The predicted molar refractivity (Wildman–Crippen MR) is 74.1 cm³/mol. The third-order valence-corrected chi connectivity index (χ3v) is 3.17. The van der Waals surface area contributed by atoms with Crippen molar-refractivity contribution in [1.29, 1.82) is 0 Å². The molecule has 0 saturated carbocycles. The summed E-state index contributed by atoms with van der Waals surface area (Å²) in [5.41, 5.74) is 3.57. The van der Waals surface area contributed by atoms with Crippen molar-refractivity contribution in [3.05, 3.63) is 53.7 Å². The lowest BCUT2D eigenvalue weighted by atomic mass is 10.2. The van der Waals surface area contributed by atoms with E-state index in [0.29, 0.717) is 6.54 Å². The zero-order valence-electron chi connectivity index (χ0n) is 11.1. The van der Waals surface area contributed by atoms with Crippen molar-refractivity contribution in [1.82, 2.24) is 24.9 Å². The molecule has 0 aromatic carbocycles. The number of carbonyl (C=O) groups is 1. The van der Waals surface area contributed by atoms with Gasteiger partial charge in [0.25, 0.3) is 0 Å². The second-order valence-corrected chi connectivity index (χ2v) is 4.67. The number of hydrogen-bond acceptors (Lipinski definition) is 3. The summed E-state index contributed by atoms with van der Waals surface area (Å²) in [5.74, 6) is -0.0472. The molecule has 0 spiro atoms. The van der Waals surface area contributed by atoms with Crippen LogP contribution < -0.4 is 5.32 Å². The minimum atomic E-state index is -0.0472. The lowest BCUT2D eigenvalue weighted by molar-refractivity contribution is -0.120. The summed E-state index contributed by atoms with van der Waals surface area (Å²) < 4.78 is 1.91. The van der Waals surface area contributed by atoms with E-state index in [2.05, 4.69) is 20.5 Å². The average molecular weight is 269 g/mol. The highest BCUT2D eigenvalue weighted by atomic mass is 16.1. The summed E-state index contributed by atoms with van der Waals surface area (Å²) >= 11 is 0. The SMILES string of the molecule is Cc1[nH]ncc1CNC(=O)Cc1cn2ccccc2n1. The van der Waals surface area contributed by atoms with Gasteiger partial charge in [-0.1, -0.05) is 6.07 Å². The minimum Gasteiger partial charge on any atom is -0.352 e. The van der Waals surface area contributed by atoms with E-state index in [9.17, 15) is 4.79 Å². The van der Waals surface area contributed by atoms with Gasteiger partial charge < -0.3 is 9.72 Å². The fourth-order valence-electron chi connectivity index (χ4n) is 2.05. The van der Waals surface area contributed by atoms with Crippen LogP contribution >= 0.6 is 0 Å². The van der Waals surface area contributed by atoms with Crippen LogP contribution in [0.4, 0.5) is 0 Å². The molecule has 6 nitrogen and oxygen atoms in total. The first kappa shape index (κ1) is 12.4. The van der Waals surface area contributed by atoms with E-state index in [4.69, 9.17) is 0 Å². The van der Waals surface area contributed by atoms with Gasteiger partial charge in [-0.25, -0.2) is 4.98 Å². The van der Waals surface area contributed by atoms with Crippen LogP contribution in [0.15, 0.2) is 36.8 Å². The molecule has 0 radical (unpaired) electrons. The quantitative estimate of drug-likeness (QED) is 0.748. The predicted octanol–water partition coefficient (Wildman–Crippen LogP) is 1.22. The summed E-state index contributed by atoms with van der Waals surface area (Å²) in [4.78, 5) is 16.3. The van der Waals surface area contributed by atoms with Gasteiger partial charge in [0.1, 0.15) is 5.65 Å². The molecule has 0 unspecified atom stereocenters. The summed E-state index contributed by atoms with van der Waals surface area (Å²) in [7, 11) is 0. The van der Waals surface area contributed by atoms with Crippen molar-refractivity contribution in [3.63, 3.8) is 0 Å². The minimum absolute atomic E-state index is 0.0472. The number of aromatic nitrogens is 4. The van der Waals surface area contributed by atoms with Crippen LogP contribution in [0.2, 0.25) is 0 Å². The number of imidazole rings is 1. The standard InChI is InChI=1S/C14H15N5O/c1-10-11(8-16-18-10)7-15-14(20)6-12-9-19-5-3-2-4-13(19)17-12/h2-5,8-9H,6-7H2,1H3,(H,15,20)(H,16,18). The first-order valence-electron chi connectivity index (χ1n) is 6.40. The van der Waals surface area contributed by atoms with E-state index in [1.165, 1.54) is 0 Å². The zero-order valence-corrected chi connectivity index (χ0v) is 11.1. The fourth-order valence-corrected chi connectivity index (χ4v) is 2.05. The molecule has 0 aliphatic rings. The maximum atomic E-state index is 11.9. The Balaban J connectivity index is 1.62. The summed E-state index contributed by atoms with van der Waals surface area (Å²) in [6, 6.07) is 5.77. The highest BCUT2D eigenvalue weighted by Crippen LogP contribution is 2.06. The molecule has 20 heavy (non-hydrogen) atoms. The first-order valence-corrected chi connectivity index (χ1v) is 6.40. The third-order valence-electron chi connectivity index (χ3n) is 3.17. The van der Waals surface area contributed by atoms with Gasteiger partial charge >= 0.3 is 0 Å². The fraction of sp³-hybridized carbons (Fsp3) is 0.214. The number of amides is 1. The Bertz CT molecular complexity index is 710. The zero-order chi connectivity index (χ0) is 13.9. The summed E-state index contributed by atoms with van der Waals surface area (Å²) in [6.07, 6.45) is 5.79. The van der Waals surface area contributed by atoms with Gasteiger partial charge in [-0.15, -0.1) is 0 Å². The molecule has 3 aromatic rings. The normalized spacial score (nSPS) is 10.8. The first-order chi connectivity index (χ1) is 9.72. The van der Waals surface area contributed by atoms with Crippen molar-refractivity contribution < 1.29 is 4.79 Å². The van der Waals surface area contributed by atoms with Crippen LogP contribution in [-0.4, -0.2) is 25.5 Å². The number of hydrogen-bond donors (Lipinski definition) is 2. The van der Waals surface area contributed by atoms with E-state index in [-0.39, 0.29) is 12.3 Å². The topological polar surface area (TPSA) is 75.1 Å². The number of fused-ring (bicyclic) bond motifs is 1. The van der Waals surface area contributed by atoms with Crippen molar-refractivity contribution >= 4 is 11.6 Å². The lowest BCUT2D eigenvalue weighted by Crippen LogP contribution is -2.24. The van der Waals surface area contributed by atoms with Crippen molar-refractivity contribution in [3.8, 4) is 0 Å². The van der Waals surface area contributed by atoms with Crippen LogP contribution in [0.1, 0.15) is 17.0 Å². The molecular formula is C14H15N5O. The number of H-pyrrole nitrogens is 1. The van der Waals surface area contributed by atoms with Gasteiger partial charge in [0, 0.05) is 30.2 Å². The largest absolute Gasteiger partial charge is 0.352 e. The van der Waals surface area contributed by atoms with Crippen LogP contribution in [0, 0.1) is 6.92 Å². The van der Waals surface area contributed by atoms with Gasteiger partial charge in [-0.3, -0.25) is 9.89 Å². The Morgan fingerprint density at radius 3 is 3.10 bits per heavy atom. The number of aromatic amines is 1. The maximum Gasteiger partial charge on any atom is 0.226 e. The van der Waals surface area contributed by atoms with Crippen molar-refractivity contribution in [2.75, 3.05) is 0 Å². The molecule has 3 rings (SSSR count). The molecule has 0 bridgehead atoms. The molecule has 2 N–H and O–H groups in total. The monoisotopic (exact) mass is 269 g/mol. The van der Waals surface area contributed by atoms with E-state index in [0.717, 1.165) is 22.6 Å². The molecule has 0 atom stereocenters. The van der Waals surface area contributed by atoms with Gasteiger partial charge in [0.15, 0.2) is 0 Å². The second-order valence-electron chi connectivity index (χ2n) is 4.67. The van der Waals surface area contributed by atoms with Gasteiger partial charge in [0.2, 0.25) is 5.91 Å². The number of aryl methyl sites for hydroxylation is 1. The lowest BCUT2D eigenvalue weighted by Gasteiger charge is -2.02. The van der Waals surface area contributed by atoms with E-state index < -0.39 is 0 Å². The van der Waals surface area contributed by atoms with E-state index in [1.807, 2.05) is 41.9 Å². The van der Waals surface area contributed by atoms with E-state index >= 15 is 0 Å². The molecule has 0 aliphatic heterocycles. The molecule has 0 saturated heterocycles. The van der Waals surface area contributed by atoms with E-state index in [1.54, 1.807) is 6.20 Å². The Morgan fingerprint density at radius 2 is 2.35 bits per heavy atom. The smallest absolute Gasteiger partial charge is 0.226 e. The number of nitrogens with one attached hydrogen (secondary N) is 2. The Labute approximate surface area is 115 Å². The van der Waals surface area contributed by atoms with Gasteiger partial charge in [0.05, 0.1) is 18.3 Å². The Kier molecular flexibility index (Phi) is 3.20. The average Bonchev–Trinajstić information content (AvgIpc) is 3.01. The van der Waals surface area contributed by atoms with Gasteiger partial charge in [-0.2, -0.15) is 5.10 Å². The van der Waals surface area contributed by atoms with Crippen LogP contribution in [0.5, 0.6) is 0 Å². The van der Waals surface area contributed by atoms with Crippen molar-refractivity contribution in [2.24, 2.45) is 0 Å². The second kappa shape index (κ2) is 5.16. The maximum absolute atomic E-state index is 11.9. The molecule has 1 amide bonds. The number of rotatable bonds is 4. The Morgan fingerprint density at radius 1 is 1.45 bits per heavy atom. The molecular weight excluding hydrogens is 254 g/mol. The molecule has 6 heteroatoms. The number of nitrogens with zero attached hydrogens (tertiary/aromatic N) is 3.